The van der Waals surface area contributed by atoms with E-state index in [0.29, 0.717) is 6.04 Å². The molecule has 0 aromatic heterocycles. The second kappa shape index (κ2) is 6.17. The average molecular weight is 240 g/mol. The summed E-state index contributed by atoms with van der Waals surface area (Å²) in [6.07, 6.45) is 6.31. The Hall–Kier alpha value is -0.120. The molecule has 0 amide bonds. The summed E-state index contributed by atoms with van der Waals surface area (Å²) in [6.45, 7) is 5.48. The fraction of sp³-hybridized carbons (Fsp3) is 1.00. The molecule has 0 aromatic rings. The van der Waals surface area contributed by atoms with Gasteiger partial charge in [0.1, 0.15) is 0 Å². The largest absolute Gasteiger partial charge is 0.392 e. The molecule has 4 unspecified atom stereocenters. The highest BCUT2D eigenvalue weighted by molar-refractivity contribution is 4.87. The molecule has 2 rings (SSSR count). The molecule has 100 valence electrons. The molecule has 0 spiro atoms. The first-order chi connectivity index (χ1) is 8.22. The van der Waals surface area contributed by atoms with Crippen molar-refractivity contribution in [1.29, 1.82) is 0 Å². The third kappa shape index (κ3) is 3.43. The molecule has 1 aliphatic heterocycles. The fourth-order valence-electron chi connectivity index (χ4n) is 3.62. The van der Waals surface area contributed by atoms with Gasteiger partial charge in [0.15, 0.2) is 0 Å². The van der Waals surface area contributed by atoms with E-state index >= 15 is 0 Å². The van der Waals surface area contributed by atoms with Crippen LogP contribution in [0.4, 0.5) is 0 Å². The molecule has 2 N–H and O–H groups in total. The van der Waals surface area contributed by atoms with Gasteiger partial charge in [0.05, 0.1) is 6.10 Å². The van der Waals surface area contributed by atoms with Crippen LogP contribution in [0.25, 0.3) is 0 Å². The van der Waals surface area contributed by atoms with E-state index in [0.717, 1.165) is 31.3 Å². The summed E-state index contributed by atoms with van der Waals surface area (Å²) in [5.74, 6) is 1.71. The fourth-order valence-corrected chi connectivity index (χ4v) is 3.62. The van der Waals surface area contributed by atoms with Crippen LogP contribution in [0.15, 0.2) is 0 Å². The quantitative estimate of drug-likeness (QED) is 0.781. The van der Waals surface area contributed by atoms with Crippen LogP contribution in [0, 0.1) is 11.8 Å². The average Bonchev–Trinajstić information content (AvgIpc) is 2.74. The van der Waals surface area contributed by atoms with Gasteiger partial charge >= 0.3 is 0 Å². The minimum Gasteiger partial charge on any atom is -0.392 e. The standard InChI is InChI=1S/C14H28N2O/c1-3-11-4-5-14(15-2)12(8-11)9-16-7-6-13(17)10-16/h11-15,17H,3-10H2,1-2H3. The number of nitrogens with one attached hydrogen (secondary N) is 1. The summed E-state index contributed by atoms with van der Waals surface area (Å²) in [5, 5.41) is 13.1. The molecule has 2 fully saturated rings. The van der Waals surface area contributed by atoms with E-state index in [-0.39, 0.29) is 6.10 Å². The van der Waals surface area contributed by atoms with Gasteiger partial charge in [0, 0.05) is 25.7 Å². The lowest BCUT2D eigenvalue weighted by Crippen LogP contribution is -2.44. The highest BCUT2D eigenvalue weighted by Gasteiger charge is 2.31. The van der Waals surface area contributed by atoms with Gasteiger partial charge < -0.3 is 15.3 Å². The summed E-state index contributed by atoms with van der Waals surface area (Å²) in [7, 11) is 2.10. The Labute approximate surface area is 106 Å². The first-order valence-electron chi connectivity index (χ1n) is 7.30. The summed E-state index contributed by atoms with van der Waals surface area (Å²) >= 11 is 0. The van der Waals surface area contributed by atoms with E-state index in [1.807, 2.05) is 0 Å². The van der Waals surface area contributed by atoms with E-state index in [4.69, 9.17) is 0 Å². The van der Waals surface area contributed by atoms with Crippen molar-refractivity contribution in [2.45, 2.75) is 51.2 Å². The smallest absolute Gasteiger partial charge is 0.0679 e. The number of likely N-dealkylation sites (tertiary alicyclic amines) is 1. The summed E-state index contributed by atoms with van der Waals surface area (Å²) in [4.78, 5) is 2.46. The molecule has 0 radical (unpaired) electrons. The Bertz CT molecular complexity index is 234. The molecule has 2 aliphatic rings. The molecule has 4 atom stereocenters. The summed E-state index contributed by atoms with van der Waals surface area (Å²) in [5.41, 5.74) is 0. The minimum absolute atomic E-state index is 0.0754. The second-order valence-electron chi connectivity index (χ2n) is 5.94. The number of nitrogens with zero attached hydrogens (tertiary/aromatic N) is 1. The van der Waals surface area contributed by atoms with E-state index in [9.17, 15) is 5.11 Å². The topological polar surface area (TPSA) is 35.5 Å². The van der Waals surface area contributed by atoms with E-state index in [1.165, 1.54) is 32.2 Å². The Morgan fingerprint density at radius 3 is 2.71 bits per heavy atom. The van der Waals surface area contributed by atoms with Crippen molar-refractivity contribution in [2.24, 2.45) is 11.8 Å². The maximum atomic E-state index is 9.59. The van der Waals surface area contributed by atoms with Crippen LogP contribution in [0.5, 0.6) is 0 Å². The lowest BCUT2D eigenvalue weighted by Gasteiger charge is -2.37. The highest BCUT2D eigenvalue weighted by atomic mass is 16.3. The first-order valence-corrected chi connectivity index (χ1v) is 7.30. The lowest BCUT2D eigenvalue weighted by molar-refractivity contribution is 0.136. The highest BCUT2D eigenvalue weighted by Crippen LogP contribution is 2.32. The molecule has 1 saturated heterocycles. The third-order valence-corrected chi connectivity index (χ3v) is 4.78. The number of hydrogen-bond acceptors (Lipinski definition) is 3. The van der Waals surface area contributed by atoms with Crippen molar-refractivity contribution >= 4 is 0 Å². The van der Waals surface area contributed by atoms with Gasteiger partial charge in [-0.05, 0) is 44.6 Å². The van der Waals surface area contributed by atoms with E-state index in [2.05, 4.69) is 24.2 Å². The molecule has 17 heavy (non-hydrogen) atoms. The van der Waals surface area contributed by atoms with Crippen LogP contribution < -0.4 is 5.32 Å². The van der Waals surface area contributed by atoms with Crippen LogP contribution in [0.2, 0.25) is 0 Å². The Morgan fingerprint density at radius 2 is 2.12 bits per heavy atom. The second-order valence-corrected chi connectivity index (χ2v) is 5.94. The van der Waals surface area contributed by atoms with Gasteiger partial charge in [-0.15, -0.1) is 0 Å². The zero-order chi connectivity index (χ0) is 12.3. The molecule has 0 aromatic carbocycles. The van der Waals surface area contributed by atoms with Gasteiger partial charge in [-0.1, -0.05) is 13.3 Å². The predicted octanol–water partition coefficient (Wildman–Crippen LogP) is 1.47. The zero-order valence-electron chi connectivity index (χ0n) is 11.4. The monoisotopic (exact) mass is 240 g/mol. The third-order valence-electron chi connectivity index (χ3n) is 4.78. The molecule has 1 aliphatic carbocycles. The number of rotatable bonds is 4. The van der Waals surface area contributed by atoms with Crippen LogP contribution in [-0.2, 0) is 0 Å². The predicted molar refractivity (Wildman–Crippen MR) is 71.0 cm³/mol. The normalized spacial score (nSPS) is 39.7. The number of aliphatic hydroxyl groups excluding tert-OH is 1. The van der Waals surface area contributed by atoms with E-state index < -0.39 is 0 Å². The molecule has 3 nitrogen and oxygen atoms in total. The van der Waals surface area contributed by atoms with Gasteiger partial charge in [-0.2, -0.15) is 0 Å². The molecular formula is C14H28N2O. The first kappa shape index (κ1) is 13.3. The van der Waals surface area contributed by atoms with Crippen LogP contribution in [0.3, 0.4) is 0 Å². The van der Waals surface area contributed by atoms with Gasteiger partial charge in [-0.25, -0.2) is 0 Å². The molecule has 0 bridgehead atoms. The van der Waals surface area contributed by atoms with Crippen molar-refractivity contribution in [3.63, 3.8) is 0 Å². The van der Waals surface area contributed by atoms with Crippen molar-refractivity contribution < 1.29 is 5.11 Å². The van der Waals surface area contributed by atoms with Crippen molar-refractivity contribution in [3.8, 4) is 0 Å². The maximum absolute atomic E-state index is 9.59. The summed E-state index contributed by atoms with van der Waals surface area (Å²) < 4.78 is 0. The van der Waals surface area contributed by atoms with Crippen molar-refractivity contribution in [3.05, 3.63) is 0 Å². The van der Waals surface area contributed by atoms with Crippen LogP contribution in [-0.4, -0.2) is 48.8 Å². The van der Waals surface area contributed by atoms with Crippen molar-refractivity contribution in [1.82, 2.24) is 10.2 Å². The van der Waals surface area contributed by atoms with E-state index in [1.54, 1.807) is 0 Å². The zero-order valence-corrected chi connectivity index (χ0v) is 11.4. The molecule has 1 heterocycles. The van der Waals surface area contributed by atoms with Crippen LogP contribution >= 0.6 is 0 Å². The lowest BCUT2D eigenvalue weighted by atomic mass is 9.76. The maximum Gasteiger partial charge on any atom is 0.0679 e. The molecular weight excluding hydrogens is 212 g/mol. The number of β-amino-alcohol motifs (C(OH)–C–C–N with tert-alkyl or cyclic N) is 1. The Kier molecular flexibility index (Phi) is 4.83. The Morgan fingerprint density at radius 1 is 1.29 bits per heavy atom. The van der Waals surface area contributed by atoms with Gasteiger partial charge in [-0.3, -0.25) is 0 Å². The van der Waals surface area contributed by atoms with Crippen molar-refractivity contribution in [2.75, 3.05) is 26.7 Å². The molecule has 3 heteroatoms. The van der Waals surface area contributed by atoms with Gasteiger partial charge in [0.2, 0.25) is 0 Å². The SMILES string of the molecule is CCC1CCC(NC)C(CN2CCC(O)C2)C1. The minimum atomic E-state index is -0.0754. The number of hydrogen-bond donors (Lipinski definition) is 2. The number of aliphatic hydroxyl groups is 1. The van der Waals surface area contributed by atoms with Crippen LogP contribution in [0.1, 0.15) is 39.0 Å². The van der Waals surface area contributed by atoms with Gasteiger partial charge in [0.25, 0.3) is 0 Å². The Balaban J connectivity index is 1.86. The summed E-state index contributed by atoms with van der Waals surface area (Å²) in [6, 6.07) is 0.690. The molecule has 1 saturated carbocycles.